The molecule has 156 valence electrons. The summed E-state index contributed by atoms with van der Waals surface area (Å²) in [4.78, 5) is 38.4. The molecule has 1 amide bonds. The van der Waals surface area contributed by atoms with Crippen molar-refractivity contribution >= 4 is 34.5 Å². The number of benzene rings is 3. The second-order valence-corrected chi connectivity index (χ2v) is 8.33. The molecule has 0 unspecified atom stereocenters. The summed E-state index contributed by atoms with van der Waals surface area (Å²) < 4.78 is 0. The molecule has 0 radical (unpaired) electrons. The van der Waals surface area contributed by atoms with Crippen LogP contribution in [-0.4, -0.2) is 17.5 Å². The van der Waals surface area contributed by atoms with Gasteiger partial charge < -0.3 is 10.6 Å². The van der Waals surface area contributed by atoms with Gasteiger partial charge in [0.05, 0.1) is 11.3 Å². The van der Waals surface area contributed by atoms with Crippen molar-refractivity contribution < 1.29 is 14.4 Å². The van der Waals surface area contributed by atoms with E-state index < -0.39 is 5.41 Å². The number of rotatable bonds is 5. The van der Waals surface area contributed by atoms with E-state index in [1.807, 2.05) is 45.0 Å². The Hall–Kier alpha value is -3.73. The number of anilines is 3. The monoisotopic (exact) mass is 412 g/mol. The highest BCUT2D eigenvalue weighted by molar-refractivity contribution is 6.30. The quantitative estimate of drug-likeness (QED) is 0.449. The van der Waals surface area contributed by atoms with Gasteiger partial charge in [0.25, 0.3) is 0 Å². The Balaban J connectivity index is 1.60. The van der Waals surface area contributed by atoms with E-state index in [2.05, 4.69) is 10.6 Å². The van der Waals surface area contributed by atoms with E-state index >= 15 is 0 Å². The molecule has 1 aliphatic rings. The van der Waals surface area contributed by atoms with Crippen LogP contribution in [0.15, 0.2) is 66.7 Å². The number of ketones is 2. The fourth-order valence-electron chi connectivity index (χ4n) is 3.50. The molecule has 0 saturated heterocycles. The molecule has 0 aromatic heterocycles. The van der Waals surface area contributed by atoms with Gasteiger partial charge in [0, 0.05) is 33.5 Å². The molecule has 5 heteroatoms. The molecule has 31 heavy (non-hydrogen) atoms. The first kappa shape index (κ1) is 20.5. The first-order chi connectivity index (χ1) is 14.8. The summed E-state index contributed by atoms with van der Waals surface area (Å²) in [6.07, 6.45) is 0.744. The van der Waals surface area contributed by atoms with Crippen molar-refractivity contribution in [3.63, 3.8) is 0 Å². The summed E-state index contributed by atoms with van der Waals surface area (Å²) in [5.41, 5.74) is 3.23. The zero-order chi connectivity index (χ0) is 22.2. The minimum atomic E-state index is -0.441. The first-order valence-electron chi connectivity index (χ1n) is 10.3. The molecule has 0 fully saturated rings. The van der Waals surface area contributed by atoms with Crippen LogP contribution in [0.1, 0.15) is 59.0 Å². The van der Waals surface area contributed by atoms with Gasteiger partial charge in [-0.3, -0.25) is 14.4 Å². The van der Waals surface area contributed by atoms with Gasteiger partial charge in [0.15, 0.2) is 11.6 Å². The smallest absolute Gasteiger partial charge is 0.230 e. The van der Waals surface area contributed by atoms with Crippen LogP contribution in [0.2, 0.25) is 0 Å². The zero-order valence-electron chi connectivity index (χ0n) is 17.8. The van der Waals surface area contributed by atoms with Crippen LogP contribution in [-0.2, 0) is 4.79 Å². The predicted molar refractivity (Wildman–Crippen MR) is 122 cm³/mol. The van der Waals surface area contributed by atoms with Crippen LogP contribution in [0.3, 0.4) is 0 Å². The van der Waals surface area contributed by atoms with Gasteiger partial charge in [0.2, 0.25) is 5.91 Å². The van der Waals surface area contributed by atoms with E-state index in [-0.39, 0.29) is 17.5 Å². The molecule has 0 aliphatic heterocycles. The van der Waals surface area contributed by atoms with E-state index in [0.29, 0.717) is 33.6 Å². The van der Waals surface area contributed by atoms with Gasteiger partial charge >= 0.3 is 0 Å². The van der Waals surface area contributed by atoms with Crippen LogP contribution in [0.4, 0.5) is 17.1 Å². The zero-order valence-corrected chi connectivity index (χ0v) is 17.8. The number of hydrogen-bond acceptors (Lipinski definition) is 4. The van der Waals surface area contributed by atoms with E-state index in [1.165, 1.54) is 0 Å². The number of carbonyl (C=O) groups excluding carboxylic acids is 3. The van der Waals surface area contributed by atoms with E-state index in [1.54, 1.807) is 42.5 Å². The van der Waals surface area contributed by atoms with Crippen LogP contribution in [0, 0.1) is 5.41 Å². The highest BCUT2D eigenvalue weighted by Crippen LogP contribution is 2.33. The second kappa shape index (κ2) is 7.84. The third-order valence-corrected chi connectivity index (χ3v) is 5.87. The van der Waals surface area contributed by atoms with Crippen molar-refractivity contribution in [1.29, 1.82) is 0 Å². The number of carbonyl (C=O) groups is 3. The van der Waals surface area contributed by atoms with Crippen molar-refractivity contribution in [3.8, 4) is 0 Å². The molecule has 0 spiro atoms. The molecule has 3 aromatic rings. The molecular formula is C26H24N2O3. The molecular weight excluding hydrogens is 388 g/mol. The fraction of sp³-hybridized carbons (Fsp3) is 0.192. The Morgan fingerprint density at radius 3 is 2.00 bits per heavy atom. The average molecular weight is 412 g/mol. The van der Waals surface area contributed by atoms with Gasteiger partial charge in [-0.25, -0.2) is 0 Å². The maximum absolute atomic E-state index is 13.1. The maximum Gasteiger partial charge on any atom is 0.230 e. The predicted octanol–water partition coefficient (Wildman–Crippen LogP) is 5.58. The standard InChI is InChI=1S/C26H24N2O3/c1-4-26(2,3)25(31)28-17-14-12-16(13-15-17)27-21-11-7-10-20-22(21)24(30)19-9-6-5-8-18(19)23(20)29/h5-15,27H,4H2,1-3H3,(H,28,31). The summed E-state index contributed by atoms with van der Waals surface area (Å²) in [5.74, 6) is -0.347. The number of amides is 1. The van der Waals surface area contributed by atoms with Crippen molar-refractivity contribution in [3.05, 3.63) is 89.0 Å². The van der Waals surface area contributed by atoms with Gasteiger partial charge in [0.1, 0.15) is 0 Å². The van der Waals surface area contributed by atoms with Crippen molar-refractivity contribution in [2.24, 2.45) is 5.41 Å². The highest BCUT2D eigenvalue weighted by atomic mass is 16.2. The van der Waals surface area contributed by atoms with Crippen LogP contribution in [0.5, 0.6) is 0 Å². The summed E-state index contributed by atoms with van der Waals surface area (Å²) in [7, 11) is 0. The molecule has 0 bridgehead atoms. The lowest BCUT2D eigenvalue weighted by Crippen LogP contribution is -2.29. The number of fused-ring (bicyclic) bond motifs is 2. The fourth-order valence-corrected chi connectivity index (χ4v) is 3.50. The van der Waals surface area contributed by atoms with E-state index in [0.717, 1.165) is 12.1 Å². The molecule has 4 rings (SSSR count). The summed E-state index contributed by atoms with van der Waals surface area (Å²) in [6, 6.07) is 19.4. The Labute approximate surface area is 181 Å². The third-order valence-electron chi connectivity index (χ3n) is 5.87. The third kappa shape index (κ3) is 3.75. The Morgan fingerprint density at radius 1 is 0.774 bits per heavy atom. The minimum Gasteiger partial charge on any atom is -0.355 e. The van der Waals surface area contributed by atoms with Crippen LogP contribution in [0.25, 0.3) is 0 Å². The highest BCUT2D eigenvalue weighted by Gasteiger charge is 2.31. The number of hydrogen-bond donors (Lipinski definition) is 2. The molecule has 5 nitrogen and oxygen atoms in total. The Kier molecular flexibility index (Phi) is 5.19. The first-order valence-corrected chi connectivity index (χ1v) is 10.3. The van der Waals surface area contributed by atoms with Gasteiger partial charge in [-0.05, 0) is 36.8 Å². The SMILES string of the molecule is CCC(C)(C)C(=O)Nc1ccc(Nc2cccc3c2C(=O)c2ccccc2C3=O)cc1. The summed E-state index contributed by atoms with van der Waals surface area (Å²) in [5, 5.41) is 6.18. The van der Waals surface area contributed by atoms with E-state index in [9.17, 15) is 14.4 Å². The van der Waals surface area contributed by atoms with Gasteiger partial charge in [-0.15, -0.1) is 0 Å². The van der Waals surface area contributed by atoms with Crippen molar-refractivity contribution in [2.75, 3.05) is 10.6 Å². The van der Waals surface area contributed by atoms with Crippen LogP contribution >= 0.6 is 0 Å². The molecule has 3 aromatic carbocycles. The minimum absolute atomic E-state index is 0.0318. The summed E-state index contributed by atoms with van der Waals surface area (Å²) in [6.45, 7) is 5.80. The topological polar surface area (TPSA) is 75.3 Å². The van der Waals surface area contributed by atoms with Crippen molar-refractivity contribution in [1.82, 2.24) is 0 Å². The van der Waals surface area contributed by atoms with Crippen molar-refractivity contribution in [2.45, 2.75) is 27.2 Å². The van der Waals surface area contributed by atoms with Crippen LogP contribution < -0.4 is 10.6 Å². The van der Waals surface area contributed by atoms with Gasteiger partial charge in [-0.2, -0.15) is 0 Å². The molecule has 2 N–H and O–H groups in total. The summed E-state index contributed by atoms with van der Waals surface area (Å²) >= 11 is 0. The lowest BCUT2D eigenvalue weighted by Gasteiger charge is -2.22. The Bertz CT molecular complexity index is 1190. The molecule has 0 heterocycles. The molecule has 0 atom stereocenters. The second-order valence-electron chi connectivity index (χ2n) is 8.33. The number of nitrogens with one attached hydrogen (secondary N) is 2. The lowest BCUT2D eigenvalue weighted by molar-refractivity contribution is -0.124. The van der Waals surface area contributed by atoms with E-state index in [4.69, 9.17) is 0 Å². The lowest BCUT2D eigenvalue weighted by atomic mass is 9.83. The Morgan fingerprint density at radius 2 is 1.35 bits per heavy atom. The maximum atomic E-state index is 13.1. The molecule has 1 aliphatic carbocycles. The normalized spacial score (nSPS) is 12.7. The largest absolute Gasteiger partial charge is 0.355 e. The van der Waals surface area contributed by atoms with Gasteiger partial charge in [-0.1, -0.05) is 57.2 Å². The average Bonchev–Trinajstić information content (AvgIpc) is 2.78. The molecule has 0 saturated carbocycles.